The molecule has 37 heavy (non-hydrogen) atoms. The van der Waals surface area contributed by atoms with Gasteiger partial charge >= 0.3 is 0 Å². The van der Waals surface area contributed by atoms with Crippen LogP contribution in [-0.2, 0) is 0 Å². The molecule has 0 saturated carbocycles. The first-order chi connectivity index (χ1) is 17.9. The number of aromatic nitrogens is 4. The number of pyridine rings is 3. The highest BCUT2D eigenvalue weighted by atomic mass is 19.1. The van der Waals surface area contributed by atoms with Gasteiger partial charge in [-0.3, -0.25) is 0 Å². The van der Waals surface area contributed by atoms with E-state index in [9.17, 15) is 9.65 Å². The molecule has 0 amide bonds. The summed E-state index contributed by atoms with van der Waals surface area (Å²) in [5.41, 5.74) is 3.74. The molecule has 0 aromatic carbocycles. The number of rotatable bonds is 6. The van der Waals surface area contributed by atoms with Gasteiger partial charge in [0.1, 0.15) is 17.6 Å². The first-order valence-corrected chi connectivity index (χ1v) is 12.5. The molecular weight excluding hydrogens is 469 g/mol. The van der Waals surface area contributed by atoms with E-state index in [1.165, 1.54) is 6.07 Å². The molecule has 4 aromatic rings. The molecule has 0 radical (unpaired) electrons. The molecule has 190 valence electrons. The van der Waals surface area contributed by atoms with Crippen molar-refractivity contribution in [3.05, 3.63) is 66.0 Å². The molecular formula is C28H30FN7O. The maximum absolute atomic E-state index is 14.3. The molecule has 3 atom stereocenters. The molecule has 1 aliphatic heterocycles. The van der Waals surface area contributed by atoms with Crippen LogP contribution < -0.4 is 15.0 Å². The van der Waals surface area contributed by atoms with Crippen LogP contribution in [0.1, 0.15) is 32.0 Å². The van der Waals surface area contributed by atoms with Crippen molar-refractivity contribution in [3.63, 3.8) is 0 Å². The summed E-state index contributed by atoms with van der Waals surface area (Å²) in [6.07, 6.45) is 5.18. The smallest absolute Gasteiger partial charge is 0.165 e. The average Bonchev–Trinajstić information content (AvgIpc) is 3.31. The molecule has 1 saturated heterocycles. The van der Waals surface area contributed by atoms with Crippen LogP contribution in [0.4, 0.5) is 16.0 Å². The number of nitriles is 1. The van der Waals surface area contributed by atoms with E-state index in [0.29, 0.717) is 23.7 Å². The van der Waals surface area contributed by atoms with E-state index in [2.05, 4.69) is 40.2 Å². The molecule has 1 aliphatic rings. The van der Waals surface area contributed by atoms with Gasteiger partial charge in [0.15, 0.2) is 11.6 Å². The van der Waals surface area contributed by atoms with Crippen molar-refractivity contribution in [2.24, 2.45) is 11.8 Å². The lowest BCUT2D eigenvalue weighted by Crippen LogP contribution is -2.51. The Bertz CT molecular complexity index is 1450. The van der Waals surface area contributed by atoms with Crippen molar-refractivity contribution < 1.29 is 9.13 Å². The molecule has 0 aliphatic carbocycles. The fraction of sp³-hybridized carbons (Fsp3) is 0.357. The van der Waals surface area contributed by atoms with E-state index >= 15 is 0 Å². The summed E-state index contributed by atoms with van der Waals surface area (Å²) in [5.74, 6) is 2.05. The SMILES string of the molecule is CCOc1cc(-c2ccc(N3C[C@@H](C)C(Nc4nc(C)ccc4F)[C@@H](C)C3)nc2)c2c(C#N)cnn2c1. The monoisotopic (exact) mass is 499 g/mol. The van der Waals surface area contributed by atoms with Gasteiger partial charge in [0.2, 0.25) is 0 Å². The number of piperidine rings is 1. The Kier molecular flexibility index (Phi) is 6.66. The number of halogens is 1. The second-order valence-electron chi connectivity index (χ2n) is 9.70. The Balaban J connectivity index is 1.38. The Morgan fingerprint density at radius 3 is 2.62 bits per heavy atom. The third kappa shape index (κ3) is 4.79. The lowest BCUT2D eigenvalue weighted by molar-refractivity contribution is 0.315. The third-order valence-corrected chi connectivity index (χ3v) is 6.93. The van der Waals surface area contributed by atoms with Crippen LogP contribution in [0.3, 0.4) is 0 Å². The fourth-order valence-electron chi connectivity index (χ4n) is 5.21. The molecule has 5 rings (SSSR count). The van der Waals surface area contributed by atoms with Gasteiger partial charge in [0, 0.05) is 42.1 Å². The van der Waals surface area contributed by atoms with Crippen molar-refractivity contribution >= 4 is 17.2 Å². The summed E-state index contributed by atoms with van der Waals surface area (Å²) in [6.45, 7) is 10.2. The maximum atomic E-state index is 14.3. The van der Waals surface area contributed by atoms with Gasteiger partial charge in [0.05, 0.1) is 30.1 Å². The Hall–Kier alpha value is -4.19. The highest BCUT2D eigenvalue weighted by molar-refractivity contribution is 5.85. The average molecular weight is 500 g/mol. The quantitative estimate of drug-likeness (QED) is 0.395. The van der Waals surface area contributed by atoms with Gasteiger partial charge in [-0.2, -0.15) is 10.4 Å². The molecule has 0 bridgehead atoms. The predicted molar refractivity (Wildman–Crippen MR) is 141 cm³/mol. The van der Waals surface area contributed by atoms with E-state index in [1.54, 1.807) is 23.0 Å². The van der Waals surface area contributed by atoms with Crippen molar-refractivity contribution in [2.45, 2.75) is 33.7 Å². The summed E-state index contributed by atoms with van der Waals surface area (Å²) in [7, 11) is 0. The van der Waals surface area contributed by atoms with Crippen LogP contribution >= 0.6 is 0 Å². The minimum Gasteiger partial charge on any atom is -0.492 e. The summed E-state index contributed by atoms with van der Waals surface area (Å²) >= 11 is 0. The zero-order valence-electron chi connectivity index (χ0n) is 21.4. The van der Waals surface area contributed by atoms with Crippen LogP contribution in [0.15, 0.2) is 48.9 Å². The summed E-state index contributed by atoms with van der Waals surface area (Å²) < 4.78 is 21.7. The summed E-state index contributed by atoms with van der Waals surface area (Å²) in [4.78, 5) is 11.4. The lowest BCUT2D eigenvalue weighted by Gasteiger charge is -2.42. The van der Waals surface area contributed by atoms with Gasteiger partial charge in [-0.05, 0) is 56.0 Å². The molecule has 8 nitrogen and oxygen atoms in total. The van der Waals surface area contributed by atoms with Crippen LogP contribution in [0, 0.1) is 35.9 Å². The predicted octanol–water partition coefficient (Wildman–Crippen LogP) is 5.08. The van der Waals surface area contributed by atoms with Crippen LogP contribution in [-0.4, -0.2) is 45.3 Å². The van der Waals surface area contributed by atoms with Gasteiger partial charge < -0.3 is 15.0 Å². The number of fused-ring (bicyclic) bond motifs is 1. The first-order valence-electron chi connectivity index (χ1n) is 12.5. The standard InChI is InChI=1S/C28H30FN7O/c1-5-37-22-10-23(27-21(11-30)13-32-36(27)16-22)20-7-9-25(31-12-20)35-14-17(2)26(18(3)15-35)34-28-24(29)8-6-19(4)33-28/h6-10,12-13,16-18,26H,5,14-15H2,1-4H3,(H,33,34)/t17-,18+,26?. The van der Waals surface area contributed by atoms with E-state index in [-0.39, 0.29) is 23.7 Å². The highest BCUT2D eigenvalue weighted by Gasteiger charge is 2.33. The van der Waals surface area contributed by atoms with Crippen molar-refractivity contribution in [1.29, 1.82) is 5.26 Å². The minimum absolute atomic E-state index is 0.0974. The number of aryl methyl sites for hydroxylation is 1. The van der Waals surface area contributed by atoms with Gasteiger partial charge in [-0.1, -0.05) is 13.8 Å². The summed E-state index contributed by atoms with van der Waals surface area (Å²) in [5, 5.41) is 17.3. The van der Waals surface area contributed by atoms with Gasteiger partial charge in [-0.15, -0.1) is 0 Å². The Morgan fingerprint density at radius 1 is 1.16 bits per heavy atom. The Morgan fingerprint density at radius 2 is 1.95 bits per heavy atom. The van der Waals surface area contributed by atoms with E-state index < -0.39 is 0 Å². The van der Waals surface area contributed by atoms with Crippen LogP contribution in [0.5, 0.6) is 5.75 Å². The van der Waals surface area contributed by atoms with Gasteiger partial charge in [-0.25, -0.2) is 18.9 Å². The Labute approximate surface area is 215 Å². The normalized spacial score (nSPS) is 19.6. The molecule has 1 fully saturated rings. The first kappa shape index (κ1) is 24.5. The maximum Gasteiger partial charge on any atom is 0.165 e. The molecule has 0 spiro atoms. The number of hydrogen-bond donors (Lipinski definition) is 1. The second kappa shape index (κ2) is 10.1. The van der Waals surface area contributed by atoms with Crippen molar-refractivity contribution in [3.8, 4) is 22.9 Å². The zero-order chi connectivity index (χ0) is 26.1. The van der Waals surface area contributed by atoms with Crippen molar-refractivity contribution in [2.75, 3.05) is 29.9 Å². The van der Waals surface area contributed by atoms with E-state index in [1.807, 2.05) is 38.2 Å². The lowest BCUT2D eigenvalue weighted by atomic mass is 9.85. The second-order valence-corrected chi connectivity index (χ2v) is 9.70. The van der Waals surface area contributed by atoms with Crippen LogP contribution in [0.2, 0.25) is 0 Å². The summed E-state index contributed by atoms with van der Waals surface area (Å²) in [6, 6.07) is 11.4. The number of hydrogen-bond acceptors (Lipinski definition) is 7. The van der Waals surface area contributed by atoms with Crippen LogP contribution in [0.25, 0.3) is 16.6 Å². The molecule has 4 aromatic heterocycles. The number of nitrogens with one attached hydrogen (secondary N) is 1. The minimum atomic E-state index is -0.329. The van der Waals surface area contributed by atoms with Gasteiger partial charge in [0.25, 0.3) is 0 Å². The molecule has 5 heterocycles. The fourth-order valence-corrected chi connectivity index (χ4v) is 5.21. The van der Waals surface area contributed by atoms with E-state index in [4.69, 9.17) is 9.72 Å². The zero-order valence-corrected chi connectivity index (χ0v) is 21.4. The molecule has 9 heteroatoms. The van der Waals surface area contributed by atoms with Crippen molar-refractivity contribution in [1.82, 2.24) is 19.6 Å². The number of nitrogens with zero attached hydrogens (tertiary/aromatic N) is 6. The molecule has 1 N–H and O–H groups in total. The third-order valence-electron chi connectivity index (χ3n) is 6.93. The molecule has 1 unspecified atom stereocenters. The van der Waals surface area contributed by atoms with E-state index in [0.717, 1.165) is 41.2 Å². The highest BCUT2D eigenvalue weighted by Crippen LogP contribution is 2.33. The largest absolute Gasteiger partial charge is 0.492 e. The topological polar surface area (TPSA) is 91.4 Å². The number of ether oxygens (including phenoxy) is 1. The number of anilines is 2.